The Morgan fingerprint density at radius 2 is 2.26 bits per heavy atom. The van der Waals surface area contributed by atoms with E-state index in [0.29, 0.717) is 12.1 Å². The van der Waals surface area contributed by atoms with Crippen molar-refractivity contribution in [2.75, 3.05) is 0 Å². The molecule has 2 atom stereocenters. The highest BCUT2D eigenvalue weighted by molar-refractivity contribution is 7.09. The molecular weight excluding hydrogens is 260 g/mol. The second-order valence-electron chi connectivity index (χ2n) is 4.67. The number of aromatic nitrogens is 1. The van der Waals surface area contributed by atoms with Crippen LogP contribution in [0.5, 0.6) is 0 Å². The molecule has 1 aliphatic carbocycles. The van der Waals surface area contributed by atoms with Crippen molar-refractivity contribution in [1.82, 2.24) is 10.3 Å². The first-order valence-corrected chi connectivity index (χ1v) is 7.02. The highest BCUT2D eigenvalue weighted by Crippen LogP contribution is 2.31. The second kappa shape index (κ2) is 4.75. The van der Waals surface area contributed by atoms with E-state index < -0.39 is 6.10 Å². The molecule has 0 spiro atoms. The average Bonchev–Trinajstić information content (AvgIpc) is 2.95. The van der Waals surface area contributed by atoms with E-state index >= 15 is 0 Å². The number of carbonyl (C=O) groups excluding carboxylic acids is 1. The topological polar surface area (TPSA) is 62.2 Å². The van der Waals surface area contributed by atoms with Crippen molar-refractivity contribution >= 4 is 17.2 Å². The number of aliphatic hydroxyl groups is 1. The van der Waals surface area contributed by atoms with Gasteiger partial charge in [0.1, 0.15) is 5.69 Å². The Hall–Kier alpha value is -1.72. The lowest BCUT2D eigenvalue weighted by Gasteiger charge is -2.17. The van der Waals surface area contributed by atoms with Crippen LogP contribution >= 0.6 is 11.3 Å². The Morgan fingerprint density at radius 3 is 3.00 bits per heavy atom. The molecule has 2 unspecified atom stereocenters. The number of rotatable bonds is 2. The van der Waals surface area contributed by atoms with Crippen LogP contribution in [0.3, 0.4) is 0 Å². The summed E-state index contributed by atoms with van der Waals surface area (Å²) in [6.07, 6.45) is 0.0121. The van der Waals surface area contributed by atoms with E-state index in [1.165, 1.54) is 11.3 Å². The summed E-state index contributed by atoms with van der Waals surface area (Å²) in [5.74, 6) is -0.231. The minimum absolute atomic E-state index is 0.231. The molecule has 3 rings (SSSR count). The highest BCUT2D eigenvalue weighted by Gasteiger charge is 2.32. The molecule has 1 aromatic carbocycles. The lowest BCUT2D eigenvalue weighted by molar-refractivity contribution is 0.0854. The molecule has 1 heterocycles. The Balaban J connectivity index is 1.82. The molecule has 1 aromatic heterocycles. The Bertz CT molecular complexity index is 623. The van der Waals surface area contributed by atoms with E-state index in [1.807, 2.05) is 31.2 Å². The van der Waals surface area contributed by atoms with Gasteiger partial charge in [-0.2, -0.15) is 0 Å². The van der Waals surface area contributed by atoms with Crippen molar-refractivity contribution in [3.8, 4) is 0 Å². The number of hydrogen-bond donors (Lipinski definition) is 2. The summed E-state index contributed by atoms with van der Waals surface area (Å²) in [5, 5.41) is 15.5. The minimum Gasteiger partial charge on any atom is -0.390 e. The molecule has 2 aromatic rings. The molecule has 1 amide bonds. The van der Waals surface area contributed by atoms with E-state index in [0.717, 1.165) is 16.1 Å². The van der Waals surface area contributed by atoms with E-state index in [2.05, 4.69) is 10.3 Å². The van der Waals surface area contributed by atoms with E-state index in [4.69, 9.17) is 0 Å². The molecule has 0 fully saturated rings. The zero-order chi connectivity index (χ0) is 13.4. The SMILES string of the molecule is Cc1nc(C(=O)NC2c3ccccc3CC2O)cs1. The Kier molecular flexibility index (Phi) is 3.08. The van der Waals surface area contributed by atoms with Crippen molar-refractivity contribution in [3.63, 3.8) is 0 Å². The minimum atomic E-state index is -0.568. The summed E-state index contributed by atoms with van der Waals surface area (Å²) in [4.78, 5) is 16.2. The first-order chi connectivity index (χ1) is 9.15. The normalized spacial score (nSPS) is 21.2. The van der Waals surface area contributed by atoms with Crippen molar-refractivity contribution in [2.45, 2.75) is 25.5 Å². The fraction of sp³-hybridized carbons (Fsp3) is 0.286. The number of aryl methyl sites for hydroxylation is 1. The third-order valence-corrected chi connectivity index (χ3v) is 4.12. The molecule has 98 valence electrons. The maximum absolute atomic E-state index is 12.1. The van der Waals surface area contributed by atoms with Gasteiger partial charge in [0.25, 0.3) is 5.91 Å². The fourth-order valence-corrected chi connectivity index (χ4v) is 3.02. The van der Waals surface area contributed by atoms with E-state index in [1.54, 1.807) is 5.38 Å². The maximum atomic E-state index is 12.1. The summed E-state index contributed by atoms with van der Waals surface area (Å²) < 4.78 is 0. The number of hydrogen-bond acceptors (Lipinski definition) is 4. The van der Waals surface area contributed by atoms with Gasteiger partial charge in [0, 0.05) is 11.8 Å². The molecule has 5 heteroatoms. The number of aliphatic hydroxyl groups excluding tert-OH is 1. The zero-order valence-corrected chi connectivity index (χ0v) is 11.3. The summed E-state index contributed by atoms with van der Waals surface area (Å²) in [6.45, 7) is 1.86. The average molecular weight is 274 g/mol. The molecular formula is C14H14N2O2S. The van der Waals surface area contributed by atoms with E-state index in [-0.39, 0.29) is 11.9 Å². The molecule has 0 aliphatic heterocycles. The highest BCUT2D eigenvalue weighted by atomic mass is 32.1. The molecule has 0 saturated carbocycles. The molecule has 4 nitrogen and oxygen atoms in total. The summed E-state index contributed by atoms with van der Waals surface area (Å²) in [6, 6.07) is 7.45. The van der Waals surface area contributed by atoms with Crippen LogP contribution in [-0.4, -0.2) is 22.1 Å². The van der Waals surface area contributed by atoms with Gasteiger partial charge in [0.2, 0.25) is 0 Å². The first-order valence-electron chi connectivity index (χ1n) is 6.14. The molecule has 0 radical (unpaired) electrons. The van der Waals surface area contributed by atoms with Crippen molar-refractivity contribution in [2.24, 2.45) is 0 Å². The largest absolute Gasteiger partial charge is 0.390 e. The van der Waals surface area contributed by atoms with Crippen molar-refractivity contribution < 1.29 is 9.90 Å². The molecule has 0 bridgehead atoms. The smallest absolute Gasteiger partial charge is 0.271 e. The number of nitrogens with zero attached hydrogens (tertiary/aromatic N) is 1. The fourth-order valence-electron chi connectivity index (χ4n) is 2.43. The van der Waals surface area contributed by atoms with Crippen LogP contribution in [0.1, 0.15) is 32.7 Å². The van der Waals surface area contributed by atoms with Gasteiger partial charge in [-0.05, 0) is 18.1 Å². The Labute approximate surface area is 115 Å². The maximum Gasteiger partial charge on any atom is 0.271 e. The van der Waals surface area contributed by atoms with Gasteiger partial charge in [-0.3, -0.25) is 4.79 Å². The van der Waals surface area contributed by atoms with Gasteiger partial charge >= 0.3 is 0 Å². The van der Waals surface area contributed by atoms with Crippen LogP contribution in [0.4, 0.5) is 0 Å². The number of carbonyl (C=O) groups is 1. The standard InChI is InChI=1S/C14H14N2O2S/c1-8-15-11(7-19-8)14(18)16-13-10-5-3-2-4-9(10)6-12(13)17/h2-5,7,12-13,17H,6H2,1H3,(H,16,18). The monoisotopic (exact) mass is 274 g/mol. The molecule has 1 aliphatic rings. The second-order valence-corrected chi connectivity index (χ2v) is 5.74. The molecule has 19 heavy (non-hydrogen) atoms. The predicted octanol–water partition coefficient (Wildman–Crippen LogP) is 1.84. The van der Waals surface area contributed by atoms with Gasteiger partial charge in [-0.1, -0.05) is 24.3 Å². The van der Waals surface area contributed by atoms with Crippen LogP contribution in [-0.2, 0) is 6.42 Å². The molecule has 2 N–H and O–H groups in total. The quantitative estimate of drug-likeness (QED) is 0.878. The summed E-state index contributed by atoms with van der Waals surface area (Å²) in [7, 11) is 0. The lowest BCUT2D eigenvalue weighted by atomic mass is 10.1. The number of thiazole rings is 1. The van der Waals surface area contributed by atoms with Crippen LogP contribution in [0.25, 0.3) is 0 Å². The third-order valence-electron chi connectivity index (χ3n) is 3.34. The number of fused-ring (bicyclic) bond motifs is 1. The van der Waals surface area contributed by atoms with Gasteiger partial charge in [0.15, 0.2) is 0 Å². The van der Waals surface area contributed by atoms with Crippen molar-refractivity contribution in [1.29, 1.82) is 0 Å². The van der Waals surface area contributed by atoms with Gasteiger partial charge in [0.05, 0.1) is 17.2 Å². The zero-order valence-electron chi connectivity index (χ0n) is 10.5. The molecule has 0 saturated heterocycles. The summed E-state index contributed by atoms with van der Waals surface area (Å²) in [5.41, 5.74) is 2.50. The Morgan fingerprint density at radius 1 is 1.47 bits per heavy atom. The number of benzene rings is 1. The van der Waals surface area contributed by atoms with Crippen LogP contribution < -0.4 is 5.32 Å². The first kappa shape index (κ1) is 12.3. The van der Waals surface area contributed by atoms with Gasteiger partial charge in [-0.25, -0.2) is 4.98 Å². The van der Waals surface area contributed by atoms with Crippen LogP contribution in [0.2, 0.25) is 0 Å². The van der Waals surface area contributed by atoms with Gasteiger partial charge < -0.3 is 10.4 Å². The lowest BCUT2D eigenvalue weighted by Crippen LogP contribution is -2.34. The van der Waals surface area contributed by atoms with Crippen molar-refractivity contribution in [3.05, 3.63) is 51.5 Å². The van der Waals surface area contributed by atoms with Gasteiger partial charge in [-0.15, -0.1) is 11.3 Å². The van der Waals surface area contributed by atoms with Crippen LogP contribution in [0.15, 0.2) is 29.6 Å². The van der Waals surface area contributed by atoms with Crippen LogP contribution in [0, 0.1) is 6.92 Å². The third kappa shape index (κ3) is 2.27. The summed E-state index contributed by atoms with van der Waals surface area (Å²) >= 11 is 1.44. The number of amides is 1. The van der Waals surface area contributed by atoms with E-state index in [9.17, 15) is 9.90 Å². The predicted molar refractivity (Wildman–Crippen MR) is 73.2 cm³/mol. The number of nitrogens with one attached hydrogen (secondary N) is 1.